The number of amides is 2. The molecule has 0 bridgehead atoms. The Labute approximate surface area is 188 Å². The minimum Gasteiger partial charge on any atom is -0.334 e. The number of para-hydroxylation sites is 1. The average molecular weight is 454 g/mol. The zero-order valence-corrected chi connectivity index (χ0v) is 17.6. The van der Waals surface area contributed by atoms with Gasteiger partial charge in [0.15, 0.2) is 5.82 Å². The Kier molecular flexibility index (Phi) is 6.30. The molecule has 4 rings (SSSR count). The van der Waals surface area contributed by atoms with E-state index >= 15 is 0 Å². The lowest BCUT2D eigenvalue weighted by Crippen LogP contribution is -2.28. The first-order valence-corrected chi connectivity index (χ1v) is 10.0. The molecule has 0 radical (unpaired) electrons. The van der Waals surface area contributed by atoms with Crippen molar-refractivity contribution in [2.45, 2.75) is 6.54 Å². The number of carbonyl (C=O) groups is 1. The highest BCUT2D eigenvalue weighted by molar-refractivity contribution is 6.33. The van der Waals surface area contributed by atoms with E-state index in [1.165, 1.54) is 10.9 Å². The van der Waals surface area contributed by atoms with Crippen LogP contribution in [0.1, 0.15) is 5.56 Å². The van der Waals surface area contributed by atoms with Gasteiger partial charge in [0.1, 0.15) is 0 Å². The predicted octanol–water partition coefficient (Wildman–Crippen LogP) is 5.03. The van der Waals surface area contributed by atoms with Crippen LogP contribution in [0.25, 0.3) is 5.82 Å². The van der Waals surface area contributed by atoms with Gasteiger partial charge in [-0.15, -0.1) is 0 Å². The summed E-state index contributed by atoms with van der Waals surface area (Å²) in [5, 5.41) is 14.0. The van der Waals surface area contributed by atoms with Crippen molar-refractivity contribution >= 4 is 46.6 Å². The number of nitrogens with one attached hydrogen (secondary N) is 3. The summed E-state index contributed by atoms with van der Waals surface area (Å²) >= 11 is 12.1. The summed E-state index contributed by atoms with van der Waals surface area (Å²) in [6, 6.07) is 15.9. The third-order valence-corrected chi connectivity index (χ3v) is 4.74. The molecule has 0 saturated carbocycles. The van der Waals surface area contributed by atoms with E-state index in [0.717, 1.165) is 5.56 Å². The number of benzene rings is 2. The fourth-order valence-electron chi connectivity index (χ4n) is 2.74. The quantitative estimate of drug-likeness (QED) is 0.380. The summed E-state index contributed by atoms with van der Waals surface area (Å²) in [6.45, 7) is 0.351. The van der Waals surface area contributed by atoms with Gasteiger partial charge >= 0.3 is 6.03 Å². The molecule has 2 aromatic heterocycles. The van der Waals surface area contributed by atoms with E-state index in [1.54, 1.807) is 36.7 Å². The highest BCUT2D eigenvalue weighted by atomic mass is 35.5. The van der Waals surface area contributed by atoms with E-state index in [0.29, 0.717) is 39.7 Å². The number of nitrogens with zero attached hydrogens (tertiary/aromatic N) is 4. The Morgan fingerprint density at radius 2 is 1.94 bits per heavy atom. The van der Waals surface area contributed by atoms with Crippen LogP contribution in [0.15, 0.2) is 73.2 Å². The molecular weight excluding hydrogens is 437 g/mol. The Bertz CT molecular complexity index is 1210. The lowest BCUT2D eigenvalue weighted by atomic mass is 10.2. The summed E-state index contributed by atoms with van der Waals surface area (Å²) in [4.78, 5) is 20.8. The van der Waals surface area contributed by atoms with Gasteiger partial charge in [-0.05, 0) is 29.8 Å². The van der Waals surface area contributed by atoms with Gasteiger partial charge in [-0.25, -0.2) is 14.5 Å². The van der Waals surface area contributed by atoms with Crippen LogP contribution in [-0.2, 0) is 6.54 Å². The van der Waals surface area contributed by atoms with Gasteiger partial charge in [-0.2, -0.15) is 10.1 Å². The average Bonchev–Trinajstić information content (AvgIpc) is 3.23. The number of carbonyl (C=O) groups excluding carboxylic acids is 1. The number of hydrogen-bond donors (Lipinski definition) is 3. The van der Waals surface area contributed by atoms with E-state index in [9.17, 15) is 4.79 Å². The summed E-state index contributed by atoms with van der Waals surface area (Å²) in [7, 11) is 0. The zero-order valence-electron chi connectivity index (χ0n) is 16.1. The van der Waals surface area contributed by atoms with Crippen molar-refractivity contribution < 1.29 is 4.79 Å². The molecule has 2 amide bonds. The summed E-state index contributed by atoms with van der Waals surface area (Å²) in [5.74, 6) is 0.895. The molecular formula is C21H17Cl2N7O. The first-order valence-electron chi connectivity index (χ1n) is 9.26. The summed E-state index contributed by atoms with van der Waals surface area (Å²) in [6.07, 6.45) is 4.79. The molecule has 3 N–H and O–H groups in total. The van der Waals surface area contributed by atoms with Crippen LogP contribution in [0.4, 0.5) is 22.1 Å². The van der Waals surface area contributed by atoms with Crippen LogP contribution in [0.2, 0.25) is 10.0 Å². The molecule has 0 saturated heterocycles. The maximum atomic E-state index is 12.2. The van der Waals surface area contributed by atoms with Crippen LogP contribution in [0.3, 0.4) is 0 Å². The van der Waals surface area contributed by atoms with Crippen molar-refractivity contribution in [3.05, 3.63) is 88.8 Å². The van der Waals surface area contributed by atoms with Crippen molar-refractivity contribution in [2.75, 3.05) is 10.6 Å². The van der Waals surface area contributed by atoms with E-state index < -0.39 is 0 Å². The summed E-state index contributed by atoms with van der Waals surface area (Å²) < 4.78 is 1.53. The lowest BCUT2D eigenvalue weighted by molar-refractivity contribution is 0.251. The maximum Gasteiger partial charge on any atom is 0.319 e. The second kappa shape index (κ2) is 9.46. The molecule has 4 aromatic rings. The fraction of sp³-hybridized carbons (Fsp3) is 0.0476. The highest BCUT2D eigenvalue weighted by Gasteiger charge is 2.08. The van der Waals surface area contributed by atoms with E-state index in [4.69, 9.17) is 23.2 Å². The van der Waals surface area contributed by atoms with Gasteiger partial charge < -0.3 is 16.0 Å². The molecule has 8 nitrogen and oxygen atoms in total. The van der Waals surface area contributed by atoms with Crippen LogP contribution in [0.5, 0.6) is 0 Å². The van der Waals surface area contributed by atoms with Gasteiger partial charge in [-0.1, -0.05) is 47.5 Å². The minimum absolute atomic E-state index is 0.351. The largest absolute Gasteiger partial charge is 0.334 e. The summed E-state index contributed by atoms with van der Waals surface area (Å²) in [5.41, 5.74) is 2.11. The molecule has 0 unspecified atom stereocenters. The first-order chi connectivity index (χ1) is 15.1. The van der Waals surface area contributed by atoms with Crippen LogP contribution < -0.4 is 16.0 Å². The molecule has 0 spiro atoms. The Hall–Kier alpha value is -3.62. The van der Waals surface area contributed by atoms with Gasteiger partial charge in [0.2, 0.25) is 5.95 Å². The Balaban J connectivity index is 1.39. The highest BCUT2D eigenvalue weighted by Crippen LogP contribution is 2.23. The number of hydrogen-bond acceptors (Lipinski definition) is 5. The van der Waals surface area contributed by atoms with E-state index in [-0.39, 0.29) is 6.03 Å². The molecule has 31 heavy (non-hydrogen) atoms. The van der Waals surface area contributed by atoms with Crippen LogP contribution in [0, 0.1) is 0 Å². The molecule has 10 heteroatoms. The monoisotopic (exact) mass is 453 g/mol. The normalized spacial score (nSPS) is 10.5. The van der Waals surface area contributed by atoms with Crippen molar-refractivity contribution in [1.29, 1.82) is 0 Å². The van der Waals surface area contributed by atoms with Gasteiger partial charge in [0.05, 0.1) is 28.8 Å². The van der Waals surface area contributed by atoms with E-state index in [2.05, 4.69) is 31.0 Å². The van der Waals surface area contributed by atoms with Gasteiger partial charge in [-0.3, -0.25) is 0 Å². The van der Waals surface area contributed by atoms with Crippen LogP contribution >= 0.6 is 23.2 Å². The topological polar surface area (TPSA) is 96.8 Å². The third kappa shape index (κ3) is 5.50. The molecule has 0 fully saturated rings. The Morgan fingerprint density at radius 1 is 1.06 bits per heavy atom. The fourth-order valence-corrected chi connectivity index (χ4v) is 3.13. The van der Waals surface area contributed by atoms with Crippen LogP contribution in [-0.4, -0.2) is 25.8 Å². The Morgan fingerprint density at radius 3 is 2.77 bits per heavy atom. The lowest BCUT2D eigenvalue weighted by Gasteiger charge is -2.08. The van der Waals surface area contributed by atoms with Crippen molar-refractivity contribution in [1.82, 2.24) is 25.1 Å². The number of anilines is 3. The molecule has 0 aliphatic heterocycles. The SMILES string of the molecule is O=C(NCc1cccc(Cl)c1)Nc1cnn(-c2ccnc(Nc3ccccc3Cl)n2)c1. The smallest absolute Gasteiger partial charge is 0.319 e. The van der Waals surface area contributed by atoms with Gasteiger partial charge in [0, 0.05) is 23.8 Å². The molecule has 0 atom stereocenters. The molecule has 2 aromatic carbocycles. The number of halogens is 2. The zero-order chi connectivity index (χ0) is 21.6. The standard InChI is InChI=1S/C21H17Cl2N7O/c22-15-5-3-4-14(10-15)11-25-21(31)27-16-12-26-30(13-16)19-8-9-24-20(29-19)28-18-7-2-1-6-17(18)23/h1-10,12-13H,11H2,(H,24,28,29)(H2,25,27,31). The predicted molar refractivity (Wildman–Crippen MR) is 121 cm³/mol. The first kappa shape index (κ1) is 20.6. The molecule has 0 aliphatic carbocycles. The maximum absolute atomic E-state index is 12.2. The van der Waals surface area contributed by atoms with Crippen molar-refractivity contribution in [2.24, 2.45) is 0 Å². The number of urea groups is 1. The second-order valence-electron chi connectivity index (χ2n) is 6.45. The van der Waals surface area contributed by atoms with E-state index in [1.807, 2.05) is 30.3 Å². The molecule has 156 valence electrons. The van der Waals surface area contributed by atoms with Crippen molar-refractivity contribution in [3.8, 4) is 5.82 Å². The molecule has 0 aliphatic rings. The number of rotatable bonds is 6. The third-order valence-electron chi connectivity index (χ3n) is 4.18. The number of aromatic nitrogens is 4. The minimum atomic E-state index is -0.358. The van der Waals surface area contributed by atoms with Gasteiger partial charge in [0.25, 0.3) is 0 Å². The molecule has 2 heterocycles. The second-order valence-corrected chi connectivity index (χ2v) is 7.30. The van der Waals surface area contributed by atoms with Crippen molar-refractivity contribution in [3.63, 3.8) is 0 Å².